The second-order valence-corrected chi connectivity index (χ2v) is 2.46. The van der Waals surface area contributed by atoms with Crippen LogP contribution < -0.4 is 4.73 Å². The van der Waals surface area contributed by atoms with Gasteiger partial charge in [-0.15, -0.1) is 0 Å². The molecule has 0 radical (unpaired) electrons. The molecular formula is C5H11MgNO8S. The summed E-state index contributed by atoms with van der Waals surface area (Å²) in [5, 5.41) is 10.2. The van der Waals surface area contributed by atoms with E-state index in [-0.39, 0.29) is 39.5 Å². The van der Waals surface area contributed by atoms with Gasteiger partial charge in [0.1, 0.15) is 0 Å². The molecule has 0 aliphatic rings. The number of hydrogen-bond donors (Lipinski definition) is 0. The first kappa shape index (κ1) is 29.5. The molecule has 0 saturated carbocycles. The summed E-state index contributed by atoms with van der Waals surface area (Å²) in [6.45, 7) is 0. The summed E-state index contributed by atoms with van der Waals surface area (Å²) in [6.07, 6.45) is 2.89. The summed E-state index contributed by atoms with van der Waals surface area (Å²) in [6, 6.07) is 5.18. The predicted molar refractivity (Wildman–Crippen MR) is 52.5 cm³/mol. The standard InChI is InChI=1S/C5H5NO.Mg.H2O4S.3H2O/c7-6-4-2-1-3-5-6;;1-5(2,3)4;;;/h1-5H;;(H2,1,2,3,4);3*1H2/q;+2;;;;/p-2. The third-order valence-corrected chi connectivity index (χ3v) is 0.688. The van der Waals surface area contributed by atoms with Crippen molar-refractivity contribution in [3.05, 3.63) is 35.8 Å². The van der Waals surface area contributed by atoms with Gasteiger partial charge in [-0.2, -0.15) is 4.73 Å². The third-order valence-electron chi connectivity index (χ3n) is 0.688. The predicted octanol–water partition coefficient (Wildman–Crippen LogP) is -3.87. The van der Waals surface area contributed by atoms with Gasteiger partial charge in [-0.25, -0.2) is 0 Å². The van der Waals surface area contributed by atoms with E-state index >= 15 is 0 Å². The zero-order valence-electron chi connectivity index (χ0n) is 7.99. The Hall–Kier alpha value is -0.534. The number of nitrogens with zero attached hydrogens (tertiary/aromatic N) is 1. The van der Waals surface area contributed by atoms with E-state index in [1.165, 1.54) is 12.4 Å². The zero-order chi connectivity index (χ0) is 9.61. The van der Waals surface area contributed by atoms with Crippen LogP contribution in [-0.4, -0.2) is 57.0 Å². The van der Waals surface area contributed by atoms with Crippen molar-refractivity contribution in [2.45, 2.75) is 0 Å². The van der Waals surface area contributed by atoms with E-state index in [0.717, 1.165) is 4.73 Å². The number of hydrogen-bond acceptors (Lipinski definition) is 5. The molecule has 0 spiro atoms. The first-order valence-electron chi connectivity index (χ1n) is 2.70. The van der Waals surface area contributed by atoms with Crippen LogP contribution in [0.5, 0.6) is 0 Å². The van der Waals surface area contributed by atoms with E-state index < -0.39 is 10.4 Å². The molecule has 0 unspecified atom stereocenters. The molecule has 0 fully saturated rings. The minimum Gasteiger partial charge on any atom is -0.759 e. The molecule has 9 nitrogen and oxygen atoms in total. The van der Waals surface area contributed by atoms with Crippen LogP contribution in [0.1, 0.15) is 0 Å². The molecule has 11 heteroatoms. The maximum Gasteiger partial charge on any atom is 2.00 e. The van der Waals surface area contributed by atoms with Crippen molar-refractivity contribution in [2.24, 2.45) is 0 Å². The van der Waals surface area contributed by atoms with Gasteiger partial charge < -0.3 is 30.7 Å². The maximum atomic E-state index is 10.2. The van der Waals surface area contributed by atoms with E-state index in [4.69, 9.17) is 17.5 Å². The zero-order valence-corrected chi connectivity index (χ0v) is 10.2. The molecule has 0 atom stereocenters. The Morgan fingerprint density at radius 1 is 0.875 bits per heavy atom. The quantitative estimate of drug-likeness (QED) is 0.152. The summed E-state index contributed by atoms with van der Waals surface area (Å²) in [5.74, 6) is 0. The van der Waals surface area contributed by atoms with Gasteiger partial charge in [0.25, 0.3) is 0 Å². The molecule has 0 amide bonds. The monoisotopic (exact) mass is 269 g/mol. The summed E-state index contributed by atoms with van der Waals surface area (Å²) < 4.78 is 34.8. The maximum absolute atomic E-state index is 10.2. The minimum atomic E-state index is -5.17. The topological polar surface area (TPSA) is 202 Å². The fourth-order valence-electron chi connectivity index (χ4n) is 0.383. The Morgan fingerprint density at radius 3 is 1.25 bits per heavy atom. The SMILES string of the molecule is O.O.O.O=S(=O)([O-])[O-].[Mg+2].[O-][n+]1ccccc1. The molecule has 0 bridgehead atoms. The third kappa shape index (κ3) is 37.5. The van der Waals surface area contributed by atoms with Crippen molar-refractivity contribution in [1.29, 1.82) is 0 Å². The molecule has 6 N–H and O–H groups in total. The fraction of sp³-hybridized carbons (Fsp3) is 0. The summed E-state index contributed by atoms with van der Waals surface area (Å²) in [4.78, 5) is 0. The van der Waals surface area contributed by atoms with Gasteiger partial charge in [0, 0.05) is 22.5 Å². The average molecular weight is 270 g/mol. The van der Waals surface area contributed by atoms with E-state index in [1.807, 2.05) is 0 Å². The molecule has 16 heavy (non-hydrogen) atoms. The summed E-state index contributed by atoms with van der Waals surface area (Å²) in [7, 11) is -5.17. The van der Waals surface area contributed by atoms with Crippen LogP contribution >= 0.6 is 0 Å². The number of rotatable bonds is 0. The normalized spacial score (nSPS) is 7.38. The van der Waals surface area contributed by atoms with Crippen LogP contribution in [0.2, 0.25) is 0 Å². The Morgan fingerprint density at radius 2 is 1.12 bits per heavy atom. The van der Waals surface area contributed by atoms with Gasteiger partial charge in [-0.05, 0) is 0 Å². The first-order chi connectivity index (χ1) is 5.39. The van der Waals surface area contributed by atoms with E-state index in [9.17, 15) is 5.21 Å². The second kappa shape index (κ2) is 14.5. The smallest absolute Gasteiger partial charge is 0.759 e. The molecule has 1 aromatic heterocycles. The van der Waals surface area contributed by atoms with Crippen molar-refractivity contribution in [1.82, 2.24) is 0 Å². The van der Waals surface area contributed by atoms with Gasteiger partial charge >= 0.3 is 23.1 Å². The molecule has 92 valence electrons. The molecule has 0 saturated heterocycles. The Labute approximate surface area is 108 Å². The van der Waals surface area contributed by atoms with Gasteiger partial charge in [0.15, 0.2) is 12.4 Å². The van der Waals surface area contributed by atoms with Crippen LogP contribution in [0.4, 0.5) is 0 Å². The Kier molecular flexibility index (Phi) is 26.7. The molecule has 1 heterocycles. The van der Waals surface area contributed by atoms with Crippen LogP contribution in [0.15, 0.2) is 30.6 Å². The molecule has 0 aromatic carbocycles. The Bertz CT molecular complexity index is 308. The molecule has 1 aromatic rings. The Balaban J connectivity index is -0.0000000419. The van der Waals surface area contributed by atoms with E-state index in [2.05, 4.69) is 0 Å². The van der Waals surface area contributed by atoms with Gasteiger partial charge in [0.2, 0.25) is 0 Å². The van der Waals surface area contributed by atoms with Gasteiger partial charge in [0.05, 0.1) is 0 Å². The van der Waals surface area contributed by atoms with Crippen LogP contribution in [-0.2, 0) is 10.4 Å². The average Bonchev–Trinajstić information content (AvgIpc) is 1.85. The van der Waals surface area contributed by atoms with Crippen LogP contribution in [0, 0.1) is 5.21 Å². The van der Waals surface area contributed by atoms with Crippen LogP contribution in [0.25, 0.3) is 0 Å². The number of aromatic nitrogens is 1. The largest absolute Gasteiger partial charge is 2.00 e. The minimum absolute atomic E-state index is 0. The molecular weight excluding hydrogens is 258 g/mol. The summed E-state index contributed by atoms with van der Waals surface area (Å²) >= 11 is 0. The van der Waals surface area contributed by atoms with Crippen molar-refractivity contribution >= 4 is 33.5 Å². The van der Waals surface area contributed by atoms with E-state index in [0.29, 0.717) is 0 Å². The first-order valence-corrected chi connectivity index (χ1v) is 4.03. The second-order valence-electron chi connectivity index (χ2n) is 1.64. The van der Waals surface area contributed by atoms with Crippen molar-refractivity contribution in [3.63, 3.8) is 0 Å². The van der Waals surface area contributed by atoms with Crippen molar-refractivity contribution < 1.29 is 38.7 Å². The molecule has 0 aliphatic heterocycles. The molecule has 1 rings (SSSR count). The van der Waals surface area contributed by atoms with Gasteiger partial charge in [-0.3, -0.25) is 8.42 Å². The van der Waals surface area contributed by atoms with Crippen molar-refractivity contribution in [2.75, 3.05) is 0 Å². The number of pyridine rings is 1. The molecule has 0 aliphatic carbocycles. The summed E-state index contributed by atoms with van der Waals surface area (Å²) in [5.41, 5.74) is 0. The fourth-order valence-corrected chi connectivity index (χ4v) is 0.383. The van der Waals surface area contributed by atoms with Gasteiger partial charge in [-0.1, -0.05) is 6.07 Å². The van der Waals surface area contributed by atoms with Crippen molar-refractivity contribution in [3.8, 4) is 0 Å². The van der Waals surface area contributed by atoms with E-state index in [1.54, 1.807) is 18.2 Å². The van der Waals surface area contributed by atoms with Crippen LogP contribution in [0.3, 0.4) is 0 Å².